The van der Waals surface area contributed by atoms with Crippen LogP contribution in [-0.2, 0) is 0 Å². The SMILES string of the molecule is Nn1c2ccccc2c2cc(-c3ccc(N(c4ccccc4)c4ccc(O)cc4)cc3)ccc21. The molecule has 0 radical (unpaired) electrons. The summed E-state index contributed by atoms with van der Waals surface area (Å²) in [6, 6.07) is 40.7. The van der Waals surface area contributed by atoms with E-state index in [1.807, 2.05) is 48.5 Å². The minimum Gasteiger partial charge on any atom is -0.508 e. The molecular weight excluding hydrogens is 418 g/mol. The Morgan fingerprint density at radius 2 is 1.09 bits per heavy atom. The van der Waals surface area contributed by atoms with Gasteiger partial charge in [-0.15, -0.1) is 0 Å². The van der Waals surface area contributed by atoms with Crippen molar-refractivity contribution >= 4 is 38.9 Å². The van der Waals surface area contributed by atoms with E-state index in [0.29, 0.717) is 0 Å². The number of nitrogen functional groups attached to an aromatic ring is 1. The number of nitrogens with zero attached hydrogens (tertiary/aromatic N) is 2. The normalized spacial score (nSPS) is 11.2. The number of hydrogen-bond acceptors (Lipinski definition) is 3. The molecule has 4 nitrogen and oxygen atoms in total. The number of aromatic nitrogens is 1. The zero-order valence-electron chi connectivity index (χ0n) is 18.5. The molecule has 0 bridgehead atoms. The number of hydrogen-bond donors (Lipinski definition) is 2. The van der Waals surface area contributed by atoms with Gasteiger partial charge < -0.3 is 15.8 Å². The summed E-state index contributed by atoms with van der Waals surface area (Å²) in [5, 5.41) is 12.1. The lowest BCUT2D eigenvalue weighted by Gasteiger charge is -2.25. The van der Waals surface area contributed by atoms with Crippen molar-refractivity contribution in [2.24, 2.45) is 0 Å². The molecule has 4 heteroatoms. The lowest BCUT2D eigenvalue weighted by Crippen LogP contribution is -2.09. The maximum atomic E-state index is 9.76. The van der Waals surface area contributed by atoms with Crippen molar-refractivity contribution < 1.29 is 5.11 Å². The first kappa shape index (κ1) is 19.9. The molecule has 1 aromatic heterocycles. The summed E-state index contributed by atoms with van der Waals surface area (Å²) in [5.41, 5.74) is 7.40. The molecule has 0 saturated carbocycles. The van der Waals surface area contributed by atoms with Crippen molar-refractivity contribution in [3.8, 4) is 16.9 Å². The summed E-state index contributed by atoms with van der Waals surface area (Å²) in [7, 11) is 0. The number of anilines is 3. The van der Waals surface area contributed by atoms with E-state index in [9.17, 15) is 5.11 Å². The molecule has 0 aliphatic rings. The summed E-state index contributed by atoms with van der Waals surface area (Å²) >= 11 is 0. The molecule has 0 atom stereocenters. The molecule has 164 valence electrons. The van der Waals surface area contributed by atoms with Crippen LogP contribution in [0.15, 0.2) is 121 Å². The average molecular weight is 442 g/mol. The van der Waals surface area contributed by atoms with Gasteiger partial charge in [0.25, 0.3) is 0 Å². The third-order valence-electron chi connectivity index (χ3n) is 6.29. The number of phenolic OH excluding ortho intramolecular Hbond substituents is 1. The van der Waals surface area contributed by atoms with Crippen LogP contribution in [0.1, 0.15) is 0 Å². The Bertz CT molecular complexity index is 1600. The topological polar surface area (TPSA) is 54.4 Å². The first-order valence-electron chi connectivity index (χ1n) is 11.2. The molecule has 0 aliphatic heterocycles. The zero-order chi connectivity index (χ0) is 23.1. The molecular formula is C30H23N3O. The molecule has 3 N–H and O–H groups in total. The van der Waals surface area contributed by atoms with Crippen LogP contribution in [0.2, 0.25) is 0 Å². The minimum absolute atomic E-state index is 0.251. The summed E-state index contributed by atoms with van der Waals surface area (Å²) in [6.07, 6.45) is 0. The van der Waals surface area contributed by atoms with E-state index in [0.717, 1.165) is 50.0 Å². The highest BCUT2D eigenvalue weighted by atomic mass is 16.3. The Balaban J connectivity index is 1.42. The van der Waals surface area contributed by atoms with Gasteiger partial charge in [-0.25, -0.2) is 0 Å². The monoisotopic (exact) mass is 441 g/mol. The highest BCUT2D eigenvalue weighted by Gasteiger charge is 2.13. The van der Waals surface area contributed by atoms with Gasteiger partial charge in [0.05, 0.1) is 11.0 Å². The van der Waals surface area contributed by atoms with Crippen LogP contribution in [0.25, 0.3) is 32.9 Å². The third-order valence-corrected chi connectivity index (χ3v) is 6.29. The number of fused-ring (bicyclic) bond motifs is 3. The quantitative estimate of drug-likeness (QED) is 0.281. The van der Waals surface area contributed by atoms with Crippen molar-refractivity contribution in [2.75, 3.05) is 10.7 Å². The highest BCUT2D eigenvalue weighted by molar-refractivity contribution is 6.09. The van der Waals surface area contributed by atoms with Gasteiger partial charge in [0.1, 0.15) is 5.75 Å². The number of para-hydroxylation sites is 2. The van der Waals surface area contributed by atoms with Gasteiger partial charge in [0, 0.05) is 27.8 Å². The maximum Gasteiger partial charge on any atom is 0.115 e. The summed E-state index contributed by atoms with van der Waals surface area (Å²) in [6.45, 7) is 0. The average Bonchev–Trinajstić information content (AvgIpc) is 3.18. The number of aromatic hydroxyl groups is 1. The van der Waals surface area contributed by atoms with Crippen LogP contribution in [0, 0.1) is 0 Å². The molecule has 0 aliphatic carbocycles. The van der Waals surface area contributed by atoms with E-state index in [1.54, 1.807) is 16.8 Å². The number of phenols is 1. The predicted molar refractivity (Wildman–Crippen MR) is 141 cm³/mol. The lowest BCUT2D eigenvalue weighted by molar-refractivity contribution is 0.475. The molecule has 0 fully saturated rings. The van der Waals surface area contributed by atoms with Crippen molar-refractivity contribution in [3.05, 3.63) is 121 Å². The van der Waals surface area contributed by atoms with E-state index in [4.69, 9.17) is 5.84 Å². The fourth-order valence-electron chi connectivity index (χ4n) is 4.61. The van der Waals surface area contributed by atoms with Crippen LogP contribution in [0.3, 0.4) is 0 Å². The van der Waals surface area contributed by atoms with Crippen molar-refractivity contribution in [1.29, 1.82) is 0 Å². The first-order chi connectivity index (χ1) is 16.7. The molecule has 0 spiro atoms. The molecule has 6 rings (SSSR count). The Labute approximate surface area is 197 Å². The second kappa shape index (κ2) is 8.01. The fraction of sp³-hybridized carbons (Fsp3) is 0. The number of benzene rings is 5. The van der Waals surface area contributed by atoms with Crippen molar-refractivity contribution in [2.45, 2.75) is 0 Å². The lowest BCUT2D eigenvalue weighted by atomic mass is 10.0. The Morgan fingerprint density at radius 3 is 1.82 bits per heavy atom. The maximum absolute atomic E-state index is 9.76. The van der Waals surface area contributed by atoms with Crippen molar-refractivity contribution in [3.63, 3.8) is 0 Å². The number of rotatable bonds is 4. The third kappa shape index (κ3) is 3.33. The predicted octanol–water partition coefficient (Wildman–Crippen LogP) is 7.35. The van der Waals surface area contributed by atoms with Gasteiger partial charge >= 0.3 is 0 Å². The molecule has 5 aromatic carbocycles. The van der Waals surface area contributed by atoms with Gasteiger partial charge in [-0.2, -0.15) is 0 Å². The van der Waals surface area contributed by atoms with Gasteiger partial charge in [0.15, 0.2) is 0 Å². The van der Waals surface area contributed by atoms with E-state index >= 15 is 0 Å². The van der Waals surface area contributed by atoms with Crippen LogP contribution >= 0.6 is 0 Å². The second-order valence-corrected chi connectivity index (χ2v) is 8.35. The first-order valence-corrected chi connectivity index (χ1v) is 11.2. The van der Waals surface area contributed by atoms with E-state index in [1.165, 1.54) is 0 Å². The van der Waals surface area contributed by atoms with Gasteiger partial charge in [0.2, 0.25) is 0 Å². The zero-order valence-corrected chi connectivity index (χ0v) is 18.5. The molecule has 34 heavy (non-hydrogen) atoms. The largest absolute Gasteiger partial charge is 0.508 e. The van der Waals surface area contributed by atoms with Gasteiger partial charge in [-0.05, 0) is 77.9 Å². The van der Waals surface area contributed by atoms with Crippen LogP contribution in [0.5, 0.6) is 5.75 Å². The molecule has 1 heterocycles. The minimum atomic E-state index is 0.251. The Hall–Kier alpha value is -4.70. The Morgan fingerprint density at radius 1 is 0.529 bits per heavy atom. The van der Waals surface area contributed by atoms with Crippen molar-refractivity contribution in [1.82, 2.24) is 4.68 Å². The standard InChI is InChI=1S/C30H23N3O/c31-33-29-9-5-4-8-27(29)28-20-22(12-19-30(28)33)21-10-13-24(14-11-21)32(23-6-2-1-3-7-23)25-15-17-26(34)18-16-25/h1-20,34H,31H2. The van der Waals surface area contributed by atoms with Gasteiger partial charge in [-0.1, -0.05) is 54.6 Å². The van der Waals surface area contributed by atoms with E-state index in [2.05, 4.69) is 65.6 Å². The summed E-state index contributed by atoms with van der Waals surface area (Å²) < 4.78 is 1.76. The van der Waals surface area contributed by atoms with Crippen LogP contribution in [-0.4, -0.2) is 9.78 Å². The molecule has 0 amide bonds. The smallest absolute Gasteiger partial charge is 0.115 e. The van der Waals surface area contributed by atoms with Gasteiger partial charge in [-0.3, -0.25) is 4.68 Å². The summed E-state index contributed by atoms with van der Waals surface area (Å²) in [5.74, 6) is 6.58. The molecule has 6 aromatic rings. The highest BCUT2D eigenvalue weighted by Crippen LogP contribution is 2.37. The molecule has 0 unspecified atom stereocenters. The Kier molecular flexibility index (Phi) is 4.70. The van der Waals surface area contributed by atoms with E-state index in [-0.39, 0.29) is 5.75 Å². The summed E-state index contributed by atoms with van der Waals surface area (Å²) in [4.78, 5) is 2.18. The number of nitrogens with two attached hydrogens (primary N) is 1. The second-order valence-electron chi connectivity index (χ2n) is 8.35. The van der Waals surface area contributed by atoms with E-state index < -0.39 is 0 Å². The van der Waals surface area contributed by atoms with Crippen LogP contribution < -0.4 is 10.7 Å². The molecule has 0 saturated heterocycles. The fourth-order valence-corrected chi connectivity index (χ4v) is 4.61. The van der Waals surface area contributed by atoms with Crippen LogP contribution in [0.4, 0.5) is 17.1 Å².